The molecule has 0 bridgehead atoms. The number of carbonyl (C=O) groups excluding carboxylic acids is 2. The molecule has 0 aromatic heterocycles. The summed E-state index contributed by atoms with van der Waals surface area (Å²) >= 11 is 0. The van der Waals surface area contributed by atoms with Gasteiger partial charge in [-0.25, -0.2) is 4.79 Å². The number of hydrogen-bond acceptors (Lipinski definition) is 3. The summed E-state index contributed by atoms with van der Waals surface area (Å²) in [7, 11) is 0. The summed E-state index contributed by atoms with van der Waals surface area (Å²) in [5.74, 6) is -0.879. The molecule has 0 unspecified atom stereocenters. The number of hydrogen-bond donors (Lipinski definition) is 1. The second-order valence-corrected chi connectivity index (χ2v) is 6.87. The van der Waals surface area contributed by atoms with Gasteiger partial charge in [-0.15, -0.1) is 0 Å². The first-order chi connectivity index (χ1) is 14.2. The van der Waals surface area contributed by atoms with Crippen LogP contribution < -0.4 is 5.32 Å². The van der Waals surface area contributed by atoms with E-state index in [0.29, 0.717) is 11.3 Å². The van der Waals surface area contributed by atoms with Crippen molar-refractivity contribution in [2.24, 2.45) is 0 Å². The summed E-state index contributed by atoms with van der Waals surface area (Å²) in [6, 6.07) is 24.8. The van der Waals surface area contributed by atoms with Gasteiger partial charge in [-0.3, -0.25) is 4.79 Å². The molecule has 0 atom stereocenters. The lowest BCUT2D eigenvalue weighted by Gasteiger charge is -2.08. The molecule has 3 aromatic rings. The average Bonchev–Trinajstić information content (AvgIpc) is 2.78. The highest BCUT2D eigenvalue weighted by molar-refractivity contribution is 5.95. The summed E-state index contributed by atoms with van der Waals surface area (Å²) in [5.41, 5.74) is 4.45. The Hall–Kier alpha value is -3.40. The number of carbonyl (C=O) groups is 2. The number of rotatable bonds is 8. The first kappa shape index (κ1) is 20.3. The molecular weight excluding hydrogens is 362 g/mol. The fraction of sp³-hybridized carbons (Fsp3) is 0.200. The minimum Gasteiger partial charge on any atom is -0.452 e. The van der Waals surface area contributed by atoms with Gasteiger partial charge in [-0.1, -0.05) is 67.9 Å². The van der Waals surface area contributed by atoms with E-state index in [-0.39, 0.29) is 12.5 Å². The predicted octanol–water partition coefficient (Wildman–Crippen LogP) is 5.49. The average molecular weight is 387 g/mol. The van der Waals surface area contributed by atoms with Crippen LogP contribution in [0.25, 0.3) is 11.1 Å². The quantitative estimate of drug-likeness (QED) is 0.520. The lowest BCUT2D eigenvalue weighted by Crippen LogP contribution is -2.20. The lowest BCUT2D eigenvalue weighted by atomic mass is 10.0. The van der Waals surface area contributed by atoms with Crippen LogP contribution in [0, 0.1) is 0 Å². The Morgan fingerprint density at radius 2 is 1.48 bits per heavy atom. The molecule has 0 saturated heterocycles. The van der Waals surface area contributed by atoms with Crippen LogP contribution in [-0.2, 0) is 16.0 Å². The van der Waals surface area contributed by atoms with E-state index in [1.54, 1.807) is 12.1 Å². The molecule has 0 aliphatic heterocycles. The van der Waals surface area contributed by atoms with E-state index in [2.05, 4.69) is 12.2 Å². The smallest absolute Gasteiger partial charge is 0.338 e. The second-order valence-electron chi connectivity index (χ2n) is 6.87. The molecular formula is C25H25NO3. The van der Waals surface area contributed by atoms with Crippen LogP contribution in [0.3, 0.4) is 0 Å². The van der Waals surface area contributed by atoms with E-state index >= 15 is 0 Å². The van der Waals surface area contributed by atoms with Crippen LogP contribution in [0.4, 0.5) is 5.69 Å². The van der Waals surface area contributed by atoms with Gasteiger partial charge in [0.2, 0.25) is 0 Å². The molecule has 29 heavy (non-hydrogen) atoms. The van der Waals surface area contributed by atoms with Gasteiger partial charge in [-0.2, -0.15) is 0 Å². The molecule has 0 radical (unpaired) electrons. The molecule has 4 nitrogen and oxygen atoms in total. The van der Waals surface area contributed by atoms with E-state index in [0.717, 1.165) is 30.4 Å². The maximum absolute atomic E-state index is 12.2. The summed E-state index contributed by atoms with van der Waals surface area (Å²) in [6.07, 6.45) is 3.33. The highest BCUT2D eigenvalue weighted by atomic mass is 16.5. The molecule has 0 aliphatic rings. The molecule has 3 rings (SSSR count). The standard InChI is InChI=1S/C25H25NO3/c1-2-3-7-19-10-16-23(17-11-19)26-24(27)18-29-25(28)22-14-12-21(13-15-22)20-8-5-4-6-9-20/h4-6,8-17H,2-3,7,18H2,1H3,(H,26,27). The number of esters is 1. The summed E-state index contributed by atoms with van der Waals surface area (Å²) in [4.78, 5) is 24.2. The number of unbranched alkanes of at least 4 members (excludes halogenated alkanes) is 1. The Bertz CT molecular complexity index is 932. The van der Waals surface area contributed by atoms with Gasteiger partial charge >= 0.3 is 5.97 Å². The molecule has 1 amide bonds. The van der Waals surface area contributed by atoms with Crippen molar-refractivity contribution in [3.8, 4) is 11.1 Å². The molecule has 4 heteroatoms. The van der Waals surface area contributed by atoms with E-state index in [4.69, 9.17) is 4.74 Å². The minimum atomic E-state index is -0.519. The summed E-state index contributed by atoms with van der Waals surface area (Å²) in [6.45, 7) is 1.84. The van der Waals surface area contributed by atoms with Crippen molar-refractivity contribution in [3.05, 3.63) is 90.0 Å². The molecule has 0 heterocycles. The fourth-order valence-electron chi connectivity index (χ4n) is 2.98. The largest absolute Gasteiger partial charge is 0.452 e. The predicted molar refractivity (Wildman–Crippen MR) is 116 cm³/mol. The molecule has 0 saturated carbocycles. The number of ether oxygens (including phenoxy) is 1. The van der Waals surface area contributed by atoms with Crippen LogP contribution >= 0.6 is 0 Å². The van der Waals surface area contributed by atoms with Gasteiger partial charge in [0.15, 0.2) is 6.61 Å². The van der Waals surface area contributed by atoms with Gasteiger partial charge in [-0.05, 0) is 53.8 Å². The van der Waals surface area contributed by atoms with Crippen molar-refractivity contribution in [1.82, 2.24) is 0 Å². The van der Waals surface area contributed by atoms with Crippen molar-refractivity contribution in [3.63, 3.8) is 0 Å². The zero-order valence-electron chi connectivity index (χ0n) is 16.6. The molecule has 0 fully saturated rings. The van der Waals surface area contributed by atoms with E-state index in [9.17, 15) is 9.59 Å². The van der Waals surface area contributed by atoms with Crippen molar-refractivity contribution in [1.29, 1.82) is 0 Å². The third kappa shape index (κ3) is 6.04. The van der Waals surface area contributed by atoms with Gasteiger partial charge < -0.3 is 10.1 Å². The van der Waals surface area contributed by atoms with Gasteiger partial charge in [0.1, 0.15) is 0 Å². The normalized spacial score (nSPS) is 10.4. The summed E-state index contributed by atoms with van der Waals surface area (Å²) < 4.78 is 5.13. The second kappa shape index (κ2) is 10.2. The number of anilines is 1. The van der Waals surface area contributed by atoms with Gasteiger partial charge in [0, 0.05) is 5.69 Å². The number of benzene rings is 3. The number of amides is 1. The van der Waals surface area contributed by atoms with E-state index in [1.165, 1.54) is 5.56 Å². The van der Waals surface area contributed by atoms with Crippen molar-refractivity contribution in [2.45, 2.75) is 26.2 Å². The zero-order chi connectivity index (χ0) is 20.5. The number of nitrogens with one attached hydrogen (secondary N) is 1. The van der Waals surface area contributed by atoms with Crippen LogP contribution in [0.2, 0.25) is 0 Å². The Labute approximate surface area is 171 Å². The van der Waals surface area contributed by atoms with Crippen molar-refractivity contribution in [2.75, 3.05) is 11.9 Å². The monoisotopic (exact) mass is 387 g/mol. The number of aryl methyl sites for hydroxylation is 1. The molecule has 0 aliphatic carbocycles. The fourth-order valence-corrected chi connectivity index (χ4v) is 2.98. The van der Waals surface area contributed by atoms with Crippen molar-refractivity contribution >= 4 is 17.6 Å². The Kier molecular flexibility index (Phi) is 7.17. The third-order valence-electron chi connectivity index (χ3n) is 4.62. The maximum atomic E-state index is 12.2. The van der Waals surface area contributed by atoms with Gasteiger partial charge in [0.05, 0.1) is 5.56 Å². The van der Waals surface area contributed by atoms with Crippen LogP contribution in [0.1, 0.15) is 35.7 Å². The zero-order valence-corrected chi connectivity index (χ0v) is 16.6. The molecule has 148 valence electrons. The Morgan fingerprint density at radius 3 is 2.14 bits per heavy atom. The molecule has 1 N–H and O–H groups in total. The lowest BCUT2D eigenvalue weighted by molar-refractivity contribution is -0.119. The molecule has 3 aromatic carbocycles. The van der Waals surface area contributed by atoms with Crippen LogP contribution in [0.5, 0.6) is 0 Å². The van der Waals surface area contributed by atoms with E-state index < -0.39 is 5.97 Å². The highest BCUT2D eigenvalue weighted by Crippen LogP contribution is 2.19. The van der Waals surface area contributed by atoms with E-state index in [1.807, 2.05) is 66.7 Å². The Balaban J connectivity index is 1.49. The van der Waals surface area contributed by atoms with Crippen molar-refractivity contribution < 1.29 is 14.3 Å². The van der Waals surface area contributed by atoms with Gasteiger partial charge in [0.25, 0.3) is 5.91 Å². The molecule has 0 spiro atoms. The third-order valence-corrected chi connectivity index (χ3v) is 4.62. The first-order valence-corrected chi connectivity index (χ1v) is 9.87. The minimum absolute atomic E-state index is 0.323. The Morgan fingerprint density at radius 1 is 0.828 bits per heavy atom. The topological polar surface area (TPSA) is 55.4 Å². The first-order valence-electron chi connectivity index (χ1n) is 9.87. The highest BCUT2D eigenvalue weighted by Gasteiger charge is 2.11. The van der Waals surface area contributed by atoms with Crippen LogP contribution in [-0.4, -0.2) is 18.5 Å². The maximum Gasteiger partial charge on any atom is 0.338 e. The van der Waals surface area contributed by atoms with Crippen LogP contribution in [0.15, 0.2) is 78.9 Å². The summed E-state index contributed by atoms with van der Waals surface area (Å²) in [5, 5.41) is 2.75. The SMILES string of the molecule is CCCCc1ccc(NC(=O)COC(=O)c2ccc(-c3ccccc3)cc2)cc1.